The van der Waals surface area contributed by atoms with Gasteiger partial charge < -0.3 is 10.1 Å². The molecule has 1 N–H and O–H groups in total. The summed E-state index contributed by atoms with van der Waals surface area (Å²) in [4.78, 5) is 15.1. The zero-order valence-electron chi connectivity index (χ0n) is 13.8. The standard InChI is InChI=1S/C19H24N2O2S/c22-19(18-9-6-14-24-18)20-10-4-5-11-21-12-13-23-17(15-21)16-7-2-1-3-8-16/h1-3,6-9,14,17H,4-5,10-13,15H2,(H,20,22)/t17-/m1/s1. The Bertz CT molecular complexity index is 616. The summed E-state index contributed by atoms with van der Waals surface area (Å²) >= 11 is 1.48. The molecule has 1 fully saturated rings. The maximum atomic E-state index is 11.8. The van der Waals surface area contributed by atoms with Crippen molar-refractivity contribution in [3.05, 3.63) is 58.3 Å². The second-order valence-electron chi connectivity index (χ2n) is 6.01. The highest BCUT2D eigenvalue weighted by molar-refractivity contribution is 7.12. The van der Waals surface area contributed by atoms with Crippen LogP contribution in [0.2, 0.25) is 0 Å². The van der Waals surface area contributed by atoms with Crippen LogP contribution in [0.25, 0.3) is 0 Å². The lowest BCUT2D eigenvalue weighted by Crippen LogP contribution is -2.39. The summed E-state index contributed by atoms with van der Waals surface area (Å²) in [6, 6.07) is 14.2. The second-order valence-corrected chi connectivity index (χ2v) is 6.96. The molecule has 24 heavy (non-hydrogen) atoms. The first kappa shape index (κ1) is 17.1. The van der Waals surface area contributed by atoms with Crippen molar-refractivity contribution in [2.75, 3.05) is 32.8 Å². The molecule has 0 radical (unpaired) electrons. The number of carbonyl (C=O) groups is 1. The van der Waals surface area contributed by atoms with Gasteiger partial charge in [-0.1, -0.05) is 36.4 Å². The number of benzene rings is 1. The maximum Gasteiger partial charge on any atom is 0.261 e. The number of thiophene rings is 1. The Balaban J connectivity index is 1.34. The molecule has 1 atom stereocenters. The lowest BCUT2D eigenvalue weighted by Gasteiger charge is -2.33. The zero-order valence-corrected chi connectivity index (χ0v) is 14.6. The number of nitrogens with zero attached hydrogens (tertiary/aromatic N) is 1. The number of nitrogens with one attached hydrogen (secondary N) is 1. The van der Waals surface area contributed by atoms with Crippen LogP contribution in [-0.2, 0) is 4.74 Å². The van der Waals surface area contributed by atoms with Gasteiger partial charge >= 0.3 is 0 Å². The summed E-state index contributed by atoms with van der Waals surface area (Å²) in [6.45, 7) is 4.52. The van der Waals surface area contributed by atoms with Gasteiger partial charge in [-0.25, -0.2) is 0 Å². The third-order valence-electron chi connectivity index (χ3n) is 4.25. The Morgan fingerprint density at radius 1 is 1.21 bits per heavy atom. The van der Waals surface area contributed by atoms with Gasteiger partial charge in [0.05, 0.1) is 17.6 Å². The second kappa shape index (κ2) is 8.97. The molecule has 3 rings (SSSR count). The summed E-state index contributed by atoms with van der Waals surface area (Å²) < 4.78 is 5.90. The van der Waals surface area contributed by atoms with E-state index in [2.05, 4.69) is 34.5 Å². The highest BCUT2D eigenvalue weighted by Gasteiger charge is 2.21. The van der Waals surface area contributed by atoms with E-state index in [0.29, 0.717) is 0 Å². The molecule has 1 aromatic heterocycles. The molecule has 1 amide bonds. The normalized spacial score (nSPS) is 18.4. The lowest BCUT2D eigenvalue weighted by atomic mass is 10.1. The van der Waals surface area contributed by atoms with Crippen molar-refractivity contribution in [2.45, 2.75) is 18.9 Å². The SMILES string of the molecule is O=C(NCCCCN1CCO[C@@H](c2ccccc2)C1)c1cccs1. The summed E-state index contributed by atoms with van der Waals surface area (Å²) in [5.41, 5.74) is 1.26. The van der Waals surface area contributed by atoms with E-state index in [4.69, 9.17) is 4.74 Å². The Labute approximate surface area is 147 Å². The van der Waals surface area contributed by atoms with E-state index in [0.717, 1.165) is 50.5 Å². The van der Waals surface area contributed by atoms with Gasteiger partial charge in [-0.3, -0.25) is 9.69 Å². The minimum atomic E-state index is 0.0421. The van der Waals surface area contributed by atoms with Gasteiger partial charge in [0.25, 0.3) is 5.91 Å². The van der Waals surface area contributed by atoms with Crippen molar-refractivity contribution in [2.24, 2.45) is 0 Å². The van der Waals surface area contributed by atoms with Crippen molar-refractivity contribution in [3.63, 3.8) is 0 Å². The number of rotatable bonds is 7. The van der Waals surface area contributed by atoms with Crippen molar-refractivity contribution >= 4 is 17.2 Å². The minimum absolute atomic E-state index is 0.0421. The fourth-order valence-electron chi connectivity index (χ4n) is 2.93. The third-order valence-corrected chi connectivity index (χ3v) is 5.12. The number of amides is 1. The topological polar surface area (TPSA) is 41.6 Å². The maximum absolute atomic E-state index is 11.8. The molecule has 0 bridgehead atoms. The van der Waals surface area contributed by atoms with Gasteiger partial charge in [0, 0.05) is 19.6 Å². The van der Waals surface area contributed by atoms with Crippen molar-refractivity contribution in [1.29, 1.82) is 0 Å². The molecule has 0 spiro atoms. The predicted molar refractivity (Wildman–Crippen MR) is 97.5 cm³/mol. The Morgan fingerprint density at radius 2 is 2.08 bits per heavy atom. The number of morpholine rings is 1. The average molecular weight is 344 g/mol. The molecule has 1 aromatic carbocycles. The average Bonchev–Trinajstić information content (AvgIpc) is 3.17. The molecule has 1 aliphatic heterocycles. The van der Waals surface area contributed by atoms with Crippen molar-refractivity contribution < 1.29 is 9.53 Å². The summed E-state index contributed by atoms with van der Waals surface area (Å²) in [5, 5.41) is 4.91. The Hall–Kier alpha value is -1.69. The highest BCUT2D eigenvalue weighted by atomic mass is 32.1. The predicted octanol–water partition coefficient (Wildman–Crippen LogP) is 3.33. The van der Waals surface area contributed by atoms with Crippen molar-refractivity contribution in [3.8, 4) is 0 Å². The molecule has 0 aliphatic carbocycles. The summed E-state index contributed by atoms with van der Waals surface area (Å²) in [7, 11) is 0. The van der Waals surface area contributed by atoms with E-state index in [1.807, 2.05) is 23.6 Å². The van der Waals surface area contributed by atoms with Crippen LogP contribution in [0.15, 0.2) is 47.8 Å². The molecule has 1 aliphatic rings. The Kier molecular flexibility index (Phi) is 6.41. The molecule has 2 aromatic rings. The summed E-state index contributed by atoms with van der Waals surface area (Å²) in [6.07, 6.45) is 2.27. The fourth-order valence-corrected chi connectivity index (χ4v) is 3.57. The number of unbranched alkanes of at least 4 members (excludes halogenated alkanes) is 1. The first-order valence-electron chi connectivity index (χ1n) is 8.53. The lowest BCUT2D eigenvalue weighted by molar-refractivity contribution is -0.0303. The molecular formula is C19H24N2O2S. The molecule has 4 nitrogen and oxygen atoms in total. The van der Waals surface area contributed by atoms with Crippen LogP contribution in [0.1, 0.15) is 34.2 Å². The van der Waals surface area contributed by atoms with Crippen LogP contribution in [0, 0.1) is 0 Å². The van der Waals surface area contributed by atoms with Crippen LogP contribution in [0.4, 0.5) is 0 Å². The Morgan fingerprint density at radius 3 is 2.88 bits per heavy atom. The summed E-state index contributed by atoms with van der Waals surface area (Å²) in [5.74, 6) is 0.0421. The van der Waals surface area contributed by atoms with Crippen LogP contribution < -0.4 is 5.32 Å². The smallest absolute Gasteiger partial charge is 0.261 e. The van der Waals surface area contributed by atoms with Crippen LogP contribution in [0.3, 0.4) is 0 Å². The molecule has 5 heteroatoms. The van der Waals surface area contributed by atoms with Gasteiger partial charge in [0.1, 0.15) is 0 Å². The largest absolute Gasteiger partial charge is 0.371 e. The van der Waals surface area contributed by atoms with Crippen molar-refractivity contribution in [1.82, 2.24) is 10.2 Å². The minimum Gasteiger partial charge on any atom is -0.371 e. The first-order valence-corrected chi connectivity index (χ1v) is 9.41. The molecule has 128 valence electrons. The number of hydrogen-bond acceptors (Lipinski definition) is 4. The van der Waals surface area contributed by atoms with Gasteiger partial charge in [-0.15, -0.1) is 11.3 Å². The third kappa shape index (κ3) is 4.90. The van der Waals surface area contributed by atoms with Gasteiger partial charge in [0.15, 0.2) is 0 Å². The molecule has 0 saturated carbocycles. The van der Waals surface area contributed by atoms with E-state index in [-0.39, 0.29) is 12.0 Å². The first-order chi connectivity index (χ1) is 11.8. The molecule has 1 saturated heterocycles. The molecular weight excluding hydrogens is 320 g/mol. The fraction of sp³-hybridized carbons (Fsp3) is 0.421. The van der Waals surface area contributed by atoms with E-state index in [9.17, 15) is 4.79 Å². The van der Waals surface area contributed by atoms with Gasteiger partial charge in [-0.2, -0.15) is 0 Å². The van der Waals surface area contributed by atoms with E-state index >= 15 is 0 Å². The van der Waals surface area contributed by atoms with E-state index in [1.165, 1.54) is 16.9 Å². The molecule has 2 heterocycles. The zero-order chi connectivity index (χ0) is 16.6. The van der Waals surface area contributed by atoms with Crippen LogP contribution in [0.5, 0.6) is 0 Å². The van der Waals surface area contributed by atoms with Gasteiger partial charge in [0.2, 0.25) is 0 Å². The van der Waals surface area contributed by atoms with Crippen LogP contribution in [-0.4, -0.2) is 43.6 Å². The number of hydrogen-bond donors (Lipinski definition) is 1. The van der Waals surface area contributed by atoms with Gasteiger partial charge in [-0.05, 0) is 36.4 Å². The van der Waals surface area contributed by atoms with E-state index in [1.54, 1.807) is 0 Å². The quantitative estimate of drug-likeness (QED) is 0.784. The molecule has 0 unspecified atom stereocenters. The number of ether oxygens (including phenoxy) is 1. The number of carbonyl (C=O) groups excluding carboxylic acids is 1. The van der Waals surface area contributed by atoms with E-state index < -0.39 is 0 Å². The highest BCUT2D eigenvalue weighted by Crippen LogP contribution is 2.21. The van der Waals surface area contributed by atoms with Crippen LogP contribution >= 0.6 is 11.3 Å². The monoisotopic (exact) mass is 344 g/mol.